The summed E-state index contributed by atoms with van der Waals surface area (Å²) in [6, 6.07) is 10.2. The number of halogens is 2. The Morgan fingerprint density at radius 3 is 2.79 bits per heavy atom. The second kappa shape index (κ2) is 6.81. The Kier molecular flexibility index (Phi) is 4.76. The van der Waals surface area contributed by atoms with Crippen LogP contribution in [0, 0.1) is 12.7 Å². The van der Waals surface area contributed by atoms with Gasteiger partial charge in [-0.15, -0.1) is 0 Å². The average Bonchev–Trinajstić information content (AvgIpc) is 2.56. The number of hydrogen-bond acceptors (Lipinski definition) is 2. The molecule has 0 spiro atoms. The van der Waals surface area contributed by atoms with Crippen LogP contribution in [0.15, 0.2) is 36.4 Å². The Morgan fingerprint density at radius 1 is 1.25 bits per heavy atom. The molecule has 0 saturated carbocycles. The fourth-order valence-electron chi connectivity index (χ4n) is 2.91. The number of aryl methyl sites for hydroxylation is 1. The minimum Gasteiger partial charge on any atom is -0.479 e. The van der Waals surface area contributed by atoms with Crippen molar-refractivity contribution in [1.29, 1.82) is 0 Å². The second-order valence-electron chi connectivity index (χ2n) is 6.12. The first-order valence-electron chi connectivity index (χ1n) is 7.93. The lowest BCUT2D eigenvalue weighted by Gasteiger charge is -2.31. The van der Waals surface area contributed by atoms with Crippen molar-refractivity contribution in [2.45, 2.75) is 32.9 Å². The van der Waals surface area contributed by atoms with E-state index in [1.165, 1.54) is 12.1 Å². The molecule has 1 aliphatic heterocycles. The Labute approximate surface area is 146 Å². The summed E-state index contributed by atoms with van der Waals surface area (Å²) in [4.78, 5) is 14.3. The maximum absolute atomic E-state index is 13.4. The van der Waals surface area contributed by atoms with Gasteiger partial charge in [0.2, 0.25) is 0 Å². The van der Waals surface area contributed by atoms with E-state index >= 15 is 0 Å². The summed E-state index contributed by atoms with van der Waals surface area (Å²) in [5, 5.41) is 0.487. The highest BCUT2D eigenvalue weighted by Crippen LogP contribution is 2.27. The molecule has 0 N–H and O–H groups in total. The van der Waals surface area contributed by atoms with Crippen molar-refractivity contribution in [1.82, 2.24) is 4.90 Å². The number of carbonyl (C=O) groups excluding carboxylic acids is 1. The molecule has 5 heteroatoms. The van der Waals surface area contributed by atoms with Crippen molar-refractivity contribution in [3.8, 4) is 5.75 Å². The molecule has 0 radical (unpaired) electrons. The number of amides is 1. The topological polar surface area (TPSA) is 29.5 Å². The molecule has 3 nitrogen and oxygen atoms in total. The highest BCUT2D eigenvalue weighted by atomic mass is 35.5. The van der Waals surface area contributed by atoms with Gasteiger partial charge in [-0.25, -0.2) is 4.39 Å². The zero-order valence-corrected chi connectivity index (χ0v) is 14.4. The van der Waals surface area contributed by atoms with Crippen LogP contribution in [0.25, 0.3) is 0 Å². The van der Waals surface area contributed by atoms with E-state index in [4.69, 9.17) is 16.3 Å². The van der Waals surface area contributed by atoms with Crippen LogP contribution in [-0.2, 0) is 17.8 Å². The predicted octanol–water partition coefficient (Wildman–Crippen LogP) is 4.14. The lowest BCUT2D eigenvalue weighted by molar-refractivity contribution is -0.138. The molecule has 0 aliphatic carbocycles. The molecule has 126 valence electrons. The summed E-state index contributed by atoms with van der Waals surface area (Å²) >= 11 is 6.16. The Morgan fingerprint density at radius 2 is 2.04 bits per heavy atom. The zero-order chi connectivity index (χ0) is 17.3. The highest BCUT2D eigenvalue weighted by Gasteiger charge is 2.26. The minimum atomic E-state index is -0.652. The Hall–Kier alpha value is -2.07. The van der Waals surface area contributed by atoms with Crippen LogP contribution in [-0.4, -0.2) is 23.5 Å². The van der Waals surface area contributed by atoms with Crippen molar-refractivity contribution in [2.75, 3.05) is 6.54 Å². The fraction of sp³-hybridized carbons (Fsp3) is 0.316. The van der Waals surface area contributed by atoms with E-state index < -0.39 is 6.10 Å². The van der Waals surface area contributed by atoms with Crippen molar-refractivity contribution >= 4 is 17.5 Å². The Balaban J connectivity index is 1.70. The quantitative estimate of drug-likeness (QED) is 0.835. The van der Waals surface area contributed by atoms with E-state index in [0.29, 0.717) is 23.9 Å². The SMILES string of the molecule is Cc1ccc(OC(C)C(=O)N2CCc3ccc(F)cc3C2)c(Cl)c1. The third-order valence-electron chi connectivity index (χ3n) is 4.23. The molecule has 0 fully saturated rings. The van der Waals surface area contributed by atoms with Crippen LogP contribution in [0.4, 0.5) is 4.39 Å². The fourth-order valence-corrected chi connectivity index (χ4v) is 3.19. The first-order valence-corrected chi connectivity index (χ1v) is 8.31. The van der Waals surface area contributed by atoms with E-state index in [1.54, 1.807) is 30.0 Å². The monoisotopic (exact) mass is 347 g/mol. The van der Waals surface area contributed by atoms with Crippen LogP contribution in [0.5, 0.6) is 5.75 Å². The lowest BCUT2D eigenvalue weighted by Crippen LogP contribution is -2.43. The molecule has 1 atom stereocenters. The first kappa shape index (κ1) is 16.8. The zero-order valence-electron chi connectivity index (χ0n) is 13.7. The maximum Gasteiger partial charge on any atom is 0.263 e. The van der Waals surface area contributed by atoms with E-state index in [-0.39, 0.29) is 11.7 Å². The number of fused-ring (bicyclic) bond motifs is 1. The summed E-state index contributed by atoms with van der Waals surface area (Å²) in [6.45, 7) is 4.65. The third-order valence-corrected chi connectivity index (χ3v) is 4.53. The molecule has 2 aromatic rings. The molecule has 24 heavy (non-hydrogen) atoms. The molecule has 1 unspecified atom stereocenters. The summed E-state index contributed by atoms with van der Waals surface area (Å²) < 4.78 is 19.1. The highest BCUT2D eigenvalue weighted by molar-refractivity contribution is 6.32. The number of carbonyl (C=O) groups is 1. The molecule has 0 aromatic heterocycles. The van der Waals surface area contributed by atoms with Crippen LogP contribution in [0.3, 0.4) is 0 Å². The Bertz CT molecular complexity index is 778. The van der Waals surface area contributed by atoms with Gasteiger partial charge in [0, 0.05) is 13.1 Å². The molecular formula is C19H19ClFNO2. The van der Waals surface area contributed by atoms with Gasteiger partial charge in [0.05, 0.1) is 5.02 Å². The average molecular weight is 348 g/mol. The van der Waals surface area contributed by atoms with Crippen molar-refractivity contribution in [3.05, 3.63) is 63.9 Å². The molecule has 0 bridgehead atoms. The maximum atomic E-state index is 13.4. The number of rotatable bonds is 3. The van der Waals surface area contributed by atoms with Gasteiger partial charge in [0.15, 0.2) is 6.10 Å². The van der Waals surface area contributed by atoms with Gasteiger partial charge in [0.25, 0.3) is 5.91 Å². The number of benzene rings is 2. The molecule has 2 aromatic carbocycles. The molecule has 1 aliphatic rings. The first-order chi connectivity index (χ1) is 11.4. The van der Waals surface area contributed by atoms with Crippen molar-refractivity contribution in [3.63, 3.8) is 0 Å². The van der Waals surface area contributed by atoms with E-state index in [9.17, 15) is 9.18 Å². The summed E-state index contributed by atoms with van der Waals surface area (Å²) in [5.74, 6) is 0.0897. The van der Waals surface area contributed by atoms with Crippen molar-refractivity contribution < 1.29 is 13.9 Å². The van der Waals surface area contributed by atoms with Gasteiger partial charge in [-0.2, -0.15) is 0 Å². The normalized spacial score (nSPS) is 14.9. The minimum absolute atomic E-state index is 0.124. The summed E-state index contributed by atoms with van der Waals surface area (Å²) in [7, 11) is 0. The van der Waals surface area contributed by atoms with Crippen LogP contribution >= 0.6 is 11.6 Å². The molecule has 3 rings (SSSR count). The second-order valence-corrected chi connectivity index (χ2v) is 6.52. The predicted molar refractivity (Wildman–Crippen MR) is 91.8 cm³/mol. The van der Waals surface area contributed by atoms with E-state index in [1.807, 2.05) is 13.0 Å². The number of hydrogen-bond donors (Lipinski definition) is 0. The molecular weight excluding hydrogens is 329 g/mol. The van der Waals surface area contributed by atoms with Gasteiger partial charge >= 0.3 is 0 Å². The van der Waals surface area contributed by atoms with Crippen LogP contribution in [0.2, 0.25) is 5.02 Å². The van der Waals surface area contributed by atoms with Gasteiger partial charge in [-0.3, -0.25) is 4.79 Å². The van der Waals surface area contributed by atoms with Gasteiger partial charge in [-0.1, -0.05) is 23.7 Å². The van der Waals surface area contributed by atoms with E-state index in [0.717, 1.165) is 23.1 Å². The molecule has 1 heterocycles. The standard InChI is InChI=1S/C19H19ClFNO2/c1-12-3-6-18(17(20)9-12)24-13(2)19(23)22-8-7-14-4-5-16(21)10-15(14)11-22/h3-6,9-10,13H,7-8,11H2,1-2H3. The van der Waals surface area contributed by atoms with E-state index in [2.05, 4.69) is 0 Å². The third kappa shape index (κ3) is 3.54. The lowest BCUT2D eigenvalue weighted by atomic mass is 9.99. The number of nitrogens with zero attached hydrogens (tertiary/aromatic N) is 1. The van der Waals surface area contributed by atoms with Gasteiger partial charge in [-0.05, 0) is 61.2 Å². The number of ether oxygens (including phenoxy) is 1. The van der Waals surface area contributed by atoms with Gasteiger partial charge in [0.1, 0.15) is 11.6 Å². The van der Waals surface area contributed by atoms with Gasteiger partial charge < -0.3 is 9.64 Å². The smallest absolute Gasteiger partial charge is 0.263 e. The summed E-state index contributed by atoms with van der Waals surface area (Å²) in [6.07, 6.45) is 0.0691. The largest absolute Gasteiger partial charge is 0.479 e. The molecule has 1 amide bonds. The molecule has 0 saturated heterocycles. The van der Waals surface area contributed by atoms with Crippen LogP contribution in [0.1, 0.15) is 23.6 Å². The summed E-state index contributed by atoms with van der Waals surface area (Å²) in [5.41, 5.74) is 2.98. The van der Waals surface area contributed by atoms with Crippen molar-refractivity contribution in [2.24, 2.45) is 0 Å². The van der Waals surface area contributed by atoms with Crippen LogP contribution < -0.4 is 4.74 Å².